The molecule has 4 nitrogen and oxygen atoms in total. The lowest BCUT2D eigenvalue weighted by Gasteiger charge is -2.22. The van der Waals surface area contributed by atoms with Crippen molar-refractivity contribution in [1.29, 1.82) is 0 Å². The smallest absolute Gasteiger partial charge is 0.359 e. The first kappa shape index (κ1) is 9.71. The fraction of sp³-hybridized carbons (Fsp3) is 0.556. The van der Waals surface area contributed by atoms with Gasteiger partial charge in [0.2, 0.25) is 0 Å². The van der Waals surface area contributed by atoms with E-state index in [2.05, 4.69) is 30.6 Å². The van der Waals surface area contributed by atoms with Crippen molar-refractivity contribution in [3.8, 4) is 0 Å². The molecule has 14 heavy (non-hydrogen) atoms. The molecule has 0 bridgehead atoms. The number of imidazole rings is 1. The monoisotopic (exact) mass is 258 g/mol. The highest BCUT2D eigenvalue weighted by molar-refractivity contribution is 9.10. The average molecular weight is 259 g/mol. The molecule has 0 saturated heterocycles. The summed E-state index contributed by atoms with van der Waals surface area (Å²) in [5.41, 5.74) is 0.342. The van der Waals surface area contributed by atoms with Crippen LogP contribution in [0.5, 0.6) is 0 Å². The second-order valence-corrected chi connectivity index (χ2v) is 4.20. The van der Waals surface area contributed by atoms with Gasteiger partial charge in [0.1, 0.15) is 10.4 Å². The summed E-state index contributed by atoms with van der Waals surface area (Å²) in [4.78, 5) is 18.5. The molecular formula is C9H11BrN2O2. The van der Waals surface area contributed by atoms with Gasteiger partial charge in [-0.25, -0.2) is 9.78 Å². The zero-order chi connectivity index (χ0) is 10.1. The Kier molecular flexibility index (Phi) is 2.58. The first-order valence-corrected chi connectivity index (χ1v) is 5.35. The van der Waals surface area contributed by atoms with Gasteiger partial charge in [0.05, 0.1) is 7.11 Å². The summed E-state index contributed by atoms with van der Waals surface area (Å²) in [6, 6.07) is 0. The fourth-order valence-electron chi connectivity index (χ4n) is 1.48. The molecule has 0 radical (unpaired) electrons. The number of nitrogens with one attached hydrogen (secondary N) is 1. The standard InChI is InChI=1S/C9H11BrN2O2/c1-14-9(13)6-7(10)12-8(11-6)5-3-2-4-5/h5H,2-4H2,1H3,(H,11,12). The van der Waals surface area contributed by atoms with E-state index in [0.717, 1.165) is 18.7 Å². The van der Waals surface area contributed by atoms with Gasteiger partial charge in [-0.05, 0) is 28.8 Å². The Hall–Kier alpha value is -0.840. The molecule has 1 N–H and O–H groups in total. The number of halogens is 1. The highest BCUT2D eigenvalue weighted by atomic mass is 79.9. The lowest BCUT2D eigenvalue weighted by molar-refractivity contribution is 0.0593. The lowest BCUT2D eigenvalue weighted by Crippen LogP contribution is -2.11. The molecule has 1 saturated carbocycles. The topological polar surface area (TPSA) is 55.0 Å². The van der Waals surface area contributed by atoms with Crippen molar-refractivity contribution < 1.29 is 9.53 Å². The SMILES string of the molecule is COC(=O)c1nc(C2CCC2)[nH]c1Br. The predicted molar refractivity (Wildman–Crippen MR) is 54.2 cm³/mol. The van der Waals surface area contributed by atoms with Crippen LogP contribution in [0.15, 0.2) is 4.60 Å². The van der Waals surface area contributed by atoms with Crippen molar-refractivity contribution >= 4 is 21.9 Å². The molecule has 0 spiro atoms. The molecule has 0 unspecified atom stereocenters. The molecule has 1 aliphatic rings. The Morgan fingerprint density at radius 1 is 1.64 bits per heavy atom. The van der Waals surface area contributed by atoms with Crippen molar-refractivity contribution in [1.82, 2.24) is 9.97 Å². The summed E-state index contributed by atoms with van der Waals surface area (Å²) < 4.78 is 5.23. The second-order valence-electron chi connectivity index (χ2n) is 3.40. The normalized spacial score (nSPS) is 16.4. The molecule has 5 heteroatoms. The van der Waals surface area contributed by atoms with E-state index >= 15 is 0 Å². The van der Waals surface area contributed by atoms with Crippen molar-refractivity contribution in [2.75, 3.05) is 7.11 Å². The number of aromatic amines is 1. The quantitative estimate of drug-likeness (QED) is 0.828. The van der Waals surface area contributed by atoms with Crippen LogP contribution in [0.25, 0.3) is 0 Å². The Balaban J connectivity index is 2.24. The minimum absolute atomic E-state index is 0.342. The van der Waals surface area contributed by atoms with Crippen LogP contribution in [0.2, 0.25) is 0 Å². The number of carbonyl (C=O) groups is 1. The Morgan fingerprint density at radius 3 is 2.86 bits per heavy atom. The minimum Gasteiger partial charge on any atom is -0.464 e. The molecule has 0 aromatic carbocycles. The van der Waals surface area contributed by atoms with Crippen molar-refractivity contribution in [3.63, 3.8) is 0 Å². The summed E-state index contributed by atoms with van der Waals surface area (Å²) in [6.07, 6.45) is 3.55. The van der Waals surface area contributed by atoms with Crippen LogP contribution in [0.4, 0.5) is 0 Å². The fourth-order valence-corrected chi connectivity index (χ4v) is 1.93. The molecule has 76 valence electrons. The predicted octanol–water partition coefficient (Wildman–Crippen LogP) is 2.23. The lowest BCUT2D eigenvalue weighted by atomic mass is 9.85. The number of hydrogen-bond donors (Lipinski definition) is 1. The minimum atomic E-state index is -0.404. The number of rotatable bonds is 2. The van der Waals surface area contributed by atoms with Crippen LogP contribution in [-0.2, 0) is 4.74 Å². The third-order valence-electron chi connectivity index (χ3n) is 2.55. The van der Waals surface area contributed by atoms with Gasteiger partial charge in [-0.15, -0.1) is 0 Å². The van der Waals surface area contributed by atoms with E-state index in [0.29, 0.717) is 16.2 Å². The van der Waals surface area contributed by atoms with Crippen LogP contribution < -0.4 is 0 Å². The summed E-state index contributed by atoms with van der Waals surface area (Å²) in [6.45, 7) is 0. The Labute approximate surface area is 90.2 Å². The van der Waals surface area contributed by atoms with Gasteiger partial charge in [-0.2, -0.15) is 0 Å². The van der Waals surface area contributed by atoms with E-state index in [-0.39, 0.29) is 0 Å². The Bertz CT molecular complexity index is 358. The zero-order valence-corrected chi connectivity index (χ0v) is 9.43. The maximum atomic E-state index is 11.2. The zero-order valence-electron chi connectivity index (χ0n) is 7.84. The van der Waals surface area contributed by atoms with Crippen molar-refractivity contribution in [2.45, 2.75) is 25.2 Å². The third kappa shape index (κ3) is 1.56. The van der Waals surface area contributed by atoms with Crippen LogP contribution >= 0.6 is 15.9 Å². The molecule has 0 aliphatic heterocycles. The van der Waals surface area contributed by atoms with Gasteiger partial charge < -0.3 is 9.72 Å². The maximum absolute atomic E-state index is 11.2. The van der Waals surface area contributed by atoms with E-state index in [1.54, 1.807) is 0 Å². The molecule has 1 aliphatic carbocycles. The summed E-state index contributed by atoms with van der Waals surface area (Å²) in [7, 11) is 1.35. The number of hydrogen-bond acceptors (Lipinski definition) is 3. The number of carbonyl (C=O) groups excluding carboxylic acids is 1. The average Bonchev–Trinajstić information content (AvgIpc) is 2.43. The van der Waals surface area contributed by atoms with Crippen LogP contribution in [0.3, 0.4) is 0 Å². The van der Waals surface area contributed by atoms with E-state index in [1.165, 1.54) is 13.5 Å². The molecule has 1 fully saturated rings. The highest BCUT2D eigenvalue weighted by Crippen LogP contribution is 2.35. The highest BCUT2D eigenvalue weighted by Gasteiger charge is 2.25. The first-order valence-electron chi connectivity index (χ1n) is 4.56. The second kappa shape index (κ2) is 3.73. The van der Waals surface area contributed by atoms with Crippen molar-refractivity contribution in [3.05, 3.63) is 16.1 Å². The number of esters is 1. The number of nitrogens with zero attached hydrogens (tertiary/aromatic N) is 1. The number of aromatic nitrogens is 2. The van der Waals surface area contributed by atoms with Gasteiger partial charge in [-0.3, -0.25) is 0 Å². The maximum Gasteiger partial charge on any atom is 0.359 e. The van der Waals surface area contributed by atoms with Crippen LogP contribution in [0.1, 0.15) is 41.5 Å². The van der Waals surface area contributed by atoms with Crippen LogP contribution in [0, 0.1) is 0 Å². The molecule has 0 amide bonds. The molecule has 1 heterocycles. The van der Waals surface area contributed by atoms with Crippen molar-refractivity contribution in [2.24, 2.45) is 0 Å². The summed E-state index contributed by atoms with van der Waals surface area (Å²) in [5, 5.41) is 0. The number of methoxy groups -OCH3 is 1. The van der Waals surface area contributed by atoms with E-state index < -0.39 is 5.97 Å². The number of ether oxygens (including phenoxy) is 1. The first-order chi connectivity index (χ1) is 6.72. The van der Waals surface area contributed by atoms with Gasteiger partial charge in [0, 0.05) is 5.92 Å². The molecular weight excluding hydrogens is 248 g/mol. The van der Waals surface area contributed by atoms with Gasteiger partial charge in [0.15, 0.2) is 5.69 Å². The third-order valence-corrected chi connectivity index (χ3v) is 3.12. The van der Waals surface area contributed by atoms with Gasteiger partial charge >= 0.3 is 5.97 Å². The van der Waals surface area contributed by atoms with E-state index in [1.807, 2.05) is 0 Å². The molecule has 2 rings (SSSR count). The Morgan fingerprint density at radius 2 is 2.36 bits per heavy atom. The van der Waals surface area contributed by atoms with Gasteiger partial charge in [0.25, 0.3) is 0 Å². The van der Waals surface area contributed by atoms with E-state index in [4.69, 9.17) is 0 Å². The molecule has 1 aromatic heterocycles. The molecule has 1 aromatic rings. The summed E-state index contributed by atoms with van der Waals surface area (Å²) in [5.74, 6) is 0.979. The number of H-pyrrole nitrogens is 1. The van der Waals surface area contributed by atoms with Crippen LogP contribution in [-0.4, -0.2) is 23.0 Å². The van der Waals surface area contributed by atoms with Gasteiger partial charge in [-0.1, -0.05) is 6.42 Å². The molecule has 0 atom stereocenters. The largest absolute Gasteiger partial charge is 0.464 e. The summed E-state index contributed by atoms with van der Waals surface area (Å²) >= 11 is 3.26. The van der Waals surface area contributed by atoms with E-state index in [9.17, 15) is 4.79 Å².